The van der Waals surface area contributed by atoms with Crippen LogP contribution in [0.3, 0.4) is 0 Å². The number of nitrogens with one attached hydrogen (secondary N) is 2. The smallest absolute Gasteiger partial charge is 0.319 e. The average Bonchev–Trinajstić information content (AvgIpc) is 2.37. The van der Waals surface area contributed by atoms with Gasteiger partial charge in [0.05, 0.1) is 0 Å². The van der Waals surface area contributed by atoms with Crippen molar-refractivity contribution in [1.29, 1.82) is 0 Å². The highest BCUT2D eigenvalue weighted by Crippen LogP contribution is 2.32. The van der Waals surface area contributed by atoms with Gasteiger partial charge >= 0.3 is 6.03 Å². The van der Waals surface area contributed by atoms with E-state index in [1.54, 1.807) is 0 Å². The van der Waals surface area contributed by atoms with Crippen molar-refractivity contribution >= 4 is 11.7 Å². The second kappa shape index (κ2) is 8.06. The lowest BCUT2D eigenvalue weighted by Gasteiger charge is -2.20. The third kappa shape index (κ3) is 5.41. The molecule has 0 unspecified atom stereocenters. The van der Waals surface area contributed by atoms with E-state index in [9.17, 15) is 4.79 Å². The molecular weight excluding hydrogens is 260 g/mol. The molecule has 0 saturated heterocycles. The third-order valence-electron chi connectivity index (χ3n) is 3.62. The van der Waals surface area contributed by atoms with Crippen LogP contribution in [0.1, 0.15) is 70.9 Å². The number of rotatable bonds is 6. The van der Waals surface area contributed by atoms with Crippen LogP contribution >= 0.6 is 0 Å². The normalized spacial score (nSPS) is 11.3. The topological polar surface area (TPSA) is 41.1 Å². The molecule has 2 N–H and O–H groups in total. The van der Waals surface area contributed by atoms with E-state index < -0.39 is 0 Å². The van der Waals surface area contributed by atoms with Crippen LogP contribution in [0.2, 0.25) is 0 Å². The Morgan fingerprint density at radius 1 is 1.00 bits per heavy atom. The number of amides is 2. The minimum Gasteiger partial charge on any atom is -0.338 e. The highest BCUT2D eigenvalue weighted by atomic mass is 16.2. The maximum atomic E-state index is 12.1. The first-order valence-corrected chi connectivity index (χ1v) is 8.00. The standard InChI is InChI=1S/C18H30N2O/c1-12(2)10-11-19-18(21)20-17-15(13(3)4)8-7-9-16(17)14(5)6/h7-9,12-14H,10-11H2,1-6H3,(H2,19,20,21). The Hall–Kier alpha value is -1.51. The molecule has 0 saturated carbocycles. The zero-order valence-electron chi connectivity index (χ0n) is 14.3. The van der Waals surface area contributed by atoms with Gasteiger partial charge in [-0.3, -0.25) is 0 Å². The summed E-state index contributed by atoms with van der Waals surface area (Å²) < 4.78 is 0. The molecule has 21 heavy (non-hydrogen) atoms. The first kappa shape index (κ1) is 17.5. The van der Waals surface area contributed by atoms with Gasteiger partial charge in [0, 0.05) is 12.2 Å². The second-order valence-corrected chi connectivity index (χ2v) is 6.68. The quantitative estimate of drug-likeness (QED) is 0.751. The minimum atomic E-state index is -0.106. The van der Waals surface area contributed by atoms with Crippen molar-refractivity contribution in [2.45, 2.75) is 59.8 Å². The molecule has 118 valence electrons. The maximum absolute atomic E-state index is 12.1. The van der Waals surface area contributed by atoms with Crippen molar-refractivity contribution in [1.82, 2.24) is 5.32 Å². The van der Waals surface area contributed by atoms with Gasteiger partial charge in [-0.1, -0.05) is 59.7 Å². The average molecular weight is 290 g/mol. The van der Waals surface area contributed by atoms with Crippen LogP contribution in [0.25, 0.3) is 0 Å². The highest BCUT2D eigenvalue weighted by Gasteiger charge is 2.15. The second-order valence-electron chi connectivity index (χ2n) is 6.68. The summed E-state index contributed by atoms with van der Waals surface area (Å²) >= 11 is 0. The summed E-state index contributed by atoms with van der Waals surface area (Å²) in [5.41, 5.74) is 3.37. The summed E-state index contributed by atoms with van der Waals surface area (Å²) in [4.78, 5) is 12.1. The molecule has 2 amide bonds. The number of carbonyl (C=O) groups excluding carboxylic acids is 1. The van der Waals surface area contributed by atoms with Crippen LogP contribution < -0.4 is 10.6 Å². The Morgan fingerprint density at radius 2 is 1.52 bits per heavy atom. The van der Waals surface area contributed by atoms with Crippen molar-refractivity contribution in [2.75, 3.05) is 11.9 Å². The number of anilines is 1. The van der Waals surface area contributed by atoms with Crippen LogP contribution in [0, 0.1) is 5.92 Å². The maximum Gasteiger partial charge on any atom is 0.319 e. The molecule has 0 aliphatic carbocycles. The number of hydrogen-bond donors (Lipinski definition) is 2. The lowest BCUT2D eigenvalue weighted by atomic mass is 9.93. The van der Waals surface area contributed by atoms with Crippen molar-refractivity contribution in [3.05, 3.63) is 29.3 Å². The number of urea groups is 1. The first-order valence-electron chi connectivity index (χ1n) is 8.00. The zero-order chi connectivity index (χ0) is 16.0. The molecule has 0 aliphatic heterocycles. The molecule has 3 heteroatoms. The third-order valence-corrected chi connectivity index (χ3v) is 3.62. The summed E-state index contributed by atoms with van der Waals surface area (Å²) in [6.07, 6.45) is 0.996. The molecule has 0 atom stereocenters. The fourth-order valence-corrected chi connectivity index (χ4v) is 2.33. The molecule has 0 aromatic heterocycles. The molecule has 0 radical (unpaired) electrons. The molecule has 1 aromatic rings. The summed E-state index contributed by atoms with van der Waals surface area (Å²) in [6.45, 7) is 13.6. The largest absolute Gasteiger partial charge is 0.338 e. The van der Waals surface area contributed by atoms with Gasteiger partial charge in [-0.15, -0.1) is 0 Å². The fourth-order valence-electron chi connectivity index (χ4n) is 2.33. The molecule has 0 heterocycles. The number of benzene rings is 1. The molecule has 3 nitrogen and oxygen atoms in total. The Morgan fingerprint density at radius 3 is 1.95 bits per heavy atom. The SMILES string of the molecule is CC(C)CCNC(=O)Nc1c(C(C)C)cccc1C(C)C. The molecule has 0 fully saturated rings. The van der Waals surface area contributed by atoms with Crippen molar-refractivity contribution in [2.24, 2.45) is 5.92 Å². The Balaban J connectivity index is 2.87. The van der Waals surface area contributed by atoms with E-state index in [-0.39, 0.29) is 6.03 Å². The van der Waals surface area contributed by atoms with Crippen molar-refractivity contribution in [3.8, 4) is 0 Å². The molecule has 0 spiro atoms. The number of hydrogen-bond acceptors (Lipinski definition) is 1. The van der Waals surface area contributed by atoms with E-state index in [4.69, 9.17) is 0 Å². The molecule has 1 aromatic carbocycles. The van der Waals surface area contributed by atoms with E-state index in [0.29, 0.717) is 24.3 Å². The monoisotopic (exact) mass is 290 g/mol. The molecule has 0 bridgehead atoms. The van der Waals surface area contributed by atoms with E-state index in [0.717, 1.165) is 12.1 Å². The lowest BCUT2D eigenvalue weighted by molar-refractivity contribution is 0.251. The van der Waals surface area contributed by atoms with Gasteiger partial charge in [0.15, 0.2) is 0 Å². The van der Waals surface area contributed by atoms with Crippen molar-refractivity contribution in [3.63, 3.8) is 0 Å². The Bertz CT molecular complexity index is 438. The van der Waals surface area contributed by atoms with Gasteiger partial charge in [-0.2, -0.15) is 0 Å². The summed E-state index contributed by atoms with van der Waals surface area (Å²) in [6, 6.07) is 6.17. The highest BCUT2D eigenvalue weighted by molar-refractivity contribution is 5.91. The molecule has 1 rings (SSSR count). The fraction of sp³-hybridized carbons (Fsp3) is 0.611. The van der Waals surface area contributed by atoms with Gasteiger partial charge in [-0.25, -0.2) is 4.79 Å². The van der Waals surface area contributed by atoms with E-state index in [2.05, 4.69) is 70.4 Å². The molecule has 0 aliphatic rings. The predicted molar refractivity (Wildman–Crippen MR) is 91.1 cm³/mol. The van der Waals surface area contributed by atoms with E-state index >= 15 is 0 Å². The van der Waals surface area contributed by atoms with Crippen LogP contribution in [0.4, 0.5) is 10.5 Å². The van der Waals surface area contributed by atoms with Crippen LogP contribution in [0.15, 0.2) is 18.2 Å². The van der Waals surface area contributed by atoms with E-state index in [1.807, 2.05) is 0 Å². The van der Waals surface area contributed by atoms with E-state index in [1.165, 1.54) is 11.1 Å². The van der Waals surface area contributed by atoms with Gasteiger partial charge in [0.1, 0.15) is 0 Å². The Kier molecular flexibility index (Phi) is 6.73. The predicted octanol–water partition coefficient (Wildman–Crippen LogP) is 5.10. The summed E-state index contributed by atoms with van der Waals surface area (Å²) in [5.74, 6) is 1.36. The first-order chi connectivity index (χ1) is 9.82. The summed E-state index contributed by atoms with van der Waals surface area (Å²) in [7, 11) is 0. The number of para-hydroxylation sites is 1. The van der Waals surface area contributed by atoms with Crippen LogP contribution in [0.5, 0.6) is 0 Å². The zero-order valence-corrected chi connectivity index (χ0v) is 14.3. The Labute approximate surface area is 129 Å². The molecular formula is C18H30N2O. The minimum absolute atomic E-state index is 0.106. The van der Waals surface area contributed by atoms with Crippen molar-refractivity contribution < 1.29 is 4.79 Å². The number of carbonyl (C=O) groups is 1. The van der Waals surface area contributed by atoms with Gasteiger partial charge in [0.2, 0.25) is 0 Å². The lowest BCUT2D eigenvalue weighted by Crippen LogP contribution is -2.31. The van der Waals surface area contributed by atoms with Crippen LogP contribution in [-0.4, -0.2) is 12.6 Å². The van der Waals surface area contributed by atoms with Gasteiger partial charge in [-0.05, 0) is 35.3 Å². The summed E-state index contributed by atoms with van der Waals surface area (Å²) in [5, 5.41) is 6.01. The van der Waals surface area contributed by atoms with Gasteiger partial charge < -0.3 is 10.6 Å². The van der Waals surface area contributed by atoms with Gasteiger partial charge in [0.25, 0.3) is 0 Å². The van der Waals surface area contributed by atoms with Crippen LogP contribution in [-0.2, 0) is 0 Å².